The third kappa shape index (κ3) is 3.38. The predicted molar refractivity (Wildman–Crippen MR) is 98.8 cm³/mol. The molecule has 0 saturated heterocycles. The molecular weight excluding hydrogens is 328 g/mol. The number of nitrogens with one attached hydrogen (secondary N) is 1. The van der Waals surface area contributed by atoms with Gasteiger partial charge in [-0.15, -0.1) is 0 Å². The minimum Gasteiger partial charge on any atom is -0.441 e. The highest BCUT2D eigenvalue weighted by atomic mass is 16.4. The van der Waals surface area contributed by atoms with Crippen molar-refractivity contribution in [2.75, 3.05) is 5.32 Å². The molecule has 132 valence electrons. The number of nitrogens with zero attached hydrogens (tertiary/aromatic N) is 3. The van der Waals surface area contributed by atoms with Gasteiger partial charge in [0.05, 0.1) is 5.56 Å². The maximum absolute atomic E-state index is 12.7. The first-order chi connectivity index (χ1) is 12.3. The second-order valence-corrected chi connectivity index (χ2v) is 7.01. The zero-order chi connectivity index (χ0) is 18.9. The summed E-state index contributed by atoms with van der Waals surface area (Å²) >= 11 is 0. The number of carbonyl (C=O) groups excluding carboxylic acids is 1. The van der Waals surface area contributed by atoms with Crippen molar-refractivity contribution in [2.45, 2.75) is 33.2 Å². The molecule has 0 aliphatic carbocycles. The van der Waals surface area contributed by atoms with Crippen LogP contribution < -0.4 is 5.32 Å². The van der Waals surface area contributed by atoms with E-state index in [-0.39, 0.29) is 17.1 Å². The van der Waals surface area contributed by atoms with Gasteiger partial charge in [-0.05, 0) is 45.9 Å². The fourth-order valence-corrected chi connectivity index (χ4v) is 2.66. The van der Waals surface area contributed by atoms with Gasteiger partial charge in [0, 0.05) is 17.3 Å². The van der Waals surface area contributed by atoms with Gasteiger partial charge in [0.1, 0.15) is 17.6 Å². The van der Waals surface area contributed by atoms with E-state index in [1.165, 1.54) is 0 Å². The van der Waals surface area contributed by atoms with E-state index >= 15 is 0 Å². The summed E-state index contributed by atoms with van der Waals surface area (Å²) in [6, 6.07) is 13.2. The lowest BCUT2D eigenvalue weighted by molar-refractivity contribution is 0.102. The molecular formula is C20H20N4O2. The molecule has 0 radical (unpaired) electrons. The molecule has 3 rings (SSSR count). The molecule has 6 heteroatoms. The minimum atomic E-state index is -0.374. The van der Waals surface area contributed by atoms with Crippen LogP contribution in [-0.2, 0) is 5.54 Å². The SMILES string of the molecule is Cc1oc(-c2ccccc2)nc1C(=O)Nc1cc(C#N)cn1C(C)(C)C. The summed E-state index contributed by atoms with van der Waals surface area (Å²) < 4.78 is 7.51. The Balaban J connectivity index is 1.92. The highest BCUT2D eigenvalue weighted by Crippen LogP contribution is 2.26. The molecule has 2 aromatic heterocycles. The molecule has 26 heavy (non-hydrogen) atoms. The topological polar surface area (TPSA) is 83.8 Å². The van der Waals surface area contributed by atoms with Gasteiger partial charge in [-0.3, -0.25) is 4.79 Å². The second kappa shape index (κ2) is 6.52. The first-order valence-corrected chi connectivity index (χ1v) is 8.27. The highest BCUT2D eigenvalue weighted by molar-refractivity contribution is 6.03. The fraction of sp³-hybridized carbons (Fsp3) is 0.250. The minimum absolute atomic E-state index is 0.226. The standard InChI is InChI=1S/C20H20N4O2/c1-13-17(23-19(26-13)15-8-6-5-7-9-15)18(25)22-16-10-14(11-21)12-24(16)20(2,3)4/h5-10,12H,1-4H3,(H,22,25). The van der Waals surface area contributed by atoms with Gasteiger partial charge < -0.3 is 14.3 Å². The molecule has 6 nitrogen and oxygen atoms in total. The van der Waals surface area contributed by atoms with Gasteiger partial charge in [0.15, 0.2) is 5.69 Å². The molecule has 1 N–H and O–H groups in total. The molecule has 0 bridgehead atoms. The van der Waals surface area contributed by atoms with E-state index in [0.717, 1.165) is 5.56 Å². The number of aryl methyl sites for hydroxylation is 1. The molecule has 0 fully saturated rings. The van der Waals surface area contributed by atoms with Crippen molar-refractivity contribution >= 4 is 11.7 Å². The van der Waals surface area contributed by atoms with Crippen molar-refractivity contribution in [1.29, 1.82) is 5.26 Å². The van der Waals surface area contributed by atoms with Crippen LogP contribution in [0.25, 0.3) is 11.5 Å². The first kappa shape index (κ1) is 17.5. The lowest BCUT2D eigenvalue weighted by Crippen LogP contribution is -2.25. The molecule has 0 saturated carbocycles. The summed E-state index contributed by atoms with van der Waals surface area (Å²) in [7, 11) is 0. The average molecular weight is 348 g/mol. The maximum atomic E-state index is 12.7. The zero-order valence-corrected chi connectivity index (χ0v) is 15.2. The van der Waals surface area contributed by atoms with Gasteiger partial charge in [0.2, 0.25) is 5.89 Å². The summed E-state index contributed by atoms with van der Waals surface area (Å²) in [5.74, 6) is 1.01. The lowest BCUT2D eigenvalue weighted by Gasteiger charge is -2.24. The Morgan fingerprint density at radius 2 is 1.96 bits per heavy atom. The van der Waals surface area contributed by atoms with Gasteiger partial charge in [0.25, 0.3) is 5.91 Å². The van der Waals surface area contributed by atoms with Crippen LogP contribution in [0, 0.1) is 18.3 Å². The number of hydrogen-bond donors (Lipinski definition) is 1. The van der Waals surface area contributed by atoms with Crippen molar-refractivity contribution in [1.82, 2.24) is 9.55 Å². The summed E-state index contributed by atoms with van der Waals surface area (Å²) in [5, 5.41) is 12.0. The maximum Gasteiger partial charge on any atom is 0.279 e. The van der Waals surface area contributed by atoms with Gasteiger partial charge >= 0.3 is 0 Å². The van der Waals surface area contributed by atoms with Gasteiger partial charge in [-0.1, -0.05) is 18.2 Å². The van der Waals surface area contributed by atoms with Crippen molar-refractivity contribution < 1.29 is 9.21 Å². The molecule has 1 aromatic carbocycles. The van der Waals surface area contributed by atoms with Crippen LogP contribution in [0.4, 0.5) is 5.82 Å². The van der Waals surface area contributed by atoms with Crippen molar-refractivity contribution in [2.24, 2.45) is 0 Å². The molecule has 3 aromatic rings. The Bertz CT molecular complexity index is 985. The van der Waals surface area contributed by atoms with Crippen LogP contribution in [0.3, 0.4) is 0 Å². The zero-order valence-electron chi connectivity index (χ0n) is 15.2. The van der Waals surface area contributed by atoms with Crippen molar-refractivity contribution in [3.05, 3.63) is 59.6 Å². The number of amides is 1. The monoisotopic (exact) mass is 348 g/mol. The van der Waals surface area contributed by atoms with E-state index < -0.39 is 0 Å². The Morgan fingerprint density at radius 1 is 1.27 bits per heavy atom. The average Bonchev–Trinajstić information content (AvgIpc) is 3.19. The number of anilines is 1. The first-order valence-electron chi connectivity index (χ1n) is 8.27. The van der Waals surface area contributed by atoms with E-state index in [4.69, 9.17) is 9.68 Å². The van der Waals surface area contributed by atoms with E-state index in [9.17, 15) is 4.79 Å². The predicted octanol–water partition coefficient (Wildman–Crippen LogP) is 4.33. The Hall–Kier alpha value is -3.33. The molecule has 0 spiro atoms. The smallest absolute Gasteiger partial charge is 0.279 e. The summed E-state index contributed by atoms with van der Waals surface area (Å²) in [4.78, 5) is 17.1. The number of oxazole rings is 1. The third-order valence-corrected chi connectivity index (χ3v) is 3.95. The Labute approximate surface area is 152 Å². The molecule has 2 heterocycles. The summed E-state index contributed by atoms with van der Waals surface area (Å²) in [6.07, 6.45) is 1.72. The van der Waals surface area contributed by atoms with Crippen molar-refractivity contribution in [3.63, 3.8) is 0 Å². The van der Waals surface area contributed by atoms with Crippen LogP contribution in [-0.4, -0.2) is 15.5 Å². The second-order valence-electron chi connectivity index (χ2n) is 7.01. The lowest BCUT2D eigenvalue weighted by atomic mass is 10.1. The Kier molecular flexibility index (Phi) is 4.39. The van der Waals surface area contributed by atoms with Gasteiger partial charge in [-0.2, -0.15) is 5.26 Å². The summed E-state index contributed by atoms with van der Waals surface area (Å²) in [5.41, 5.74) is 1.23. The quantitative estimate of drug-likeness (QED) is 0.763. The normalized spacial score (nSPS) is 11.2. The number of carbonyl (C=O) groups is 1. The van der Waals surface area contributed by atoms with Gasteiger partial charge in [-0.25, -0.2) is 4.98 Å². The number of benzene rings is 1. The number of rotatable bonds is 3. The Morgan fingerprint density at radius 3 is 2.58 bits per heavy atom. The third-order valence-electron chi connectivity index (χ3n) is 3.95. The number of nitriles is 1. The molecule has 1 amide bonds. The summed E-state index contributed by atoms with van der Waals surface area (Å²) in [6.45, 7) is 7.70. The number of hydrogen-bond acceptors (Lipinski definition) is 4. The van der Waals surface area contributed by atoms with E-state index in [1.54, 1.807) is 19.2 Å². The van der Waals surface area contributed by atoms with E-state index in [0.29, 0.717) is 23.0 Å². The van der Waals surface area contributed by atoms with Crippen molar-refractivity contribution in [3.8, 4) is 17.5 Å². The van der Waals surface area contributed by atoms with Crippen LogP contribution in [0.15, 0.2) is 47.0 Å². The molecule has 0 atom stereocenters. The molecule has 0 aliphatic heterocycles. The van der Waals surface area contributed by atoms with Crippen LogP contribution >= 0.6 is 0 Å². The van der Waals surface area contributed by atoms with Crippen LogP contribution in [0.2, 0.25) is 0 Å². The molecule has 0 aliphatic rings. The van der Waals surface area contributed by atoms with E-state index in [2.05, 4.69) is 16.4 Å². The van der Waals surface area contributed by atoms with Crippen LogP contribution in [0.5, 0.6) is 0 Å². The largest absolute Gasteiger partial charge is 0.441 e. The highest BCUT2D eigenvalue weighted by Gasteiger charge is 2.23. The van der Waals surface area contributed by atoms with E-state index in [1.807, 2.05) is 55.7 Å². The fourth-order valence-electron chi connectivity index (χ4n) is 2.66. The number of aromatic nitrogens is 2. The van der Waals surface area contributed by atoms with Crippen LogP contribution in [0.1, 0.15) is 42.6 Å². The molecule has 0 unspecified atom stereocenters.